The number of amides is 1. The lowest BCUT2D eigenvalue weighted by Gasteiger charge is -2.25. The summed E-state index contributed by atoms with van der Waals surface area (Å²) in [7, 11) is 0. The molecule has 2 aromatic heterocycles. The topological polar surface area (TPSA) is 85.8 Å². The molecule has 182 valence electrons. The van der Waals surface area contributed by atoms with Gasteiger partial charge in [0.2, 0.25) is 0 Å². The number of nitrogens with one attached hydrogen (secondary N) is 1. The lowest BCUT2D eigenvalue weighted by Crippen LogP contribution is -2.40. The zero-order valence-electron chi connectivity index (χ0n) is 19.5. The molecule has 1 atom stereocenters. The van der Waals surface area contributed by atoms with E-state index in [0.29, 0.717) is 49.1 Å². The van der Waals surface area contributed by atoms with Crippen LogP contribution in [0.4, 0.5) is 5.69 Å². The van der Waals surface area contributed by atoms with Crippen molar-refractivity contribution in [2.24, 2.45) is 4.99 Å². The first-order chi connectivity index (χ1) is 17.4. The number of furan rings is 1. The summed E-state index contributed by atoms with van der Waals surface area (Å²) in [6, 6.07) is 19.5. The smallest absolute Gasteiger partial charge is 0.271 e. The number of allylic oxidation sites excluding steroid dienone is 1. The van der Waals surface area contributed by atoms with Crippen molar-refractivity contribution >= 4 is 44.9 Å². The molecular weight excluding hydrogens is 542 g/mol. The van der Waals surface area contributed by atoms with E-state index in [2.05, 4.69) is 26.2 Å². The number of halogens is 1. The summed E-state index contributed by atoms with van der Waals surface area (Å²) in [6.07, 6.45) is 1.69. The molecule has 0 spiro atoms. The minimum absolute atomic E-state index is 0.248. The average Bonchev–Trinajstić information content (AvgIpc) is 3.41. The highest BCUT2D eigenvalue weighted by Gasteiger charge is 2.32. The van der Waals surface area contributed by atoms with E-state index in [0.717, 1.165) is 5.56 Å². The first-order valence-electron chi connectivity index (χ1n) is 11.3. The van der Waals surface area contributed by atoms with Gasteiger partial charge in [0.1, 0.15) is 11.5 Å². The molecule has 0 saturated carbocycles. The van der Waals surface area contributed by atoms with Gasteiger partial charge in [0.15, 0.2) is 9.47 Å². The van der Waals surface area contributed by atoms with E-state index in [-0.39, 0.29) is 11.5 Å². The van der Waals surface area contributed by atoms with Crippen LogP contribution in [0, 0.1) is 0 Å². The van der Waals surface area contributed by atoms with Crippen LogP contribution < -0.4 is 24.9 Å². The van der Waals surface area contributed by atoms with Crippen LogP contribution in [0.1, 0.15) is 31.2 Å². The van der Waals surface area contributed by atoms with E-state index < -0.39 is 6.04 Å². The van der Waals surface area contributed by atoms with E-state index in [9.17, 15) is 9.59 Å². The number of anilines is 1. The lowest BCUT2D eigenvalue weighted by molar-refractivity contribution is -0.113. The standard InChI is InChI=1S/C27H22BrN3O4S/c1-3-34-19-11-9-17(10-12-19)24-23(25(32)30-18-7-5-4-6-8-18)16(2)29-27-31(24)26(33)21(36-27)15-20-13-14-22(28)35-20/h4-15,24H,3H2,1-2H3,(H,30,32)/b21-15-/t24-/m1/s1. The Bertz CT molecular complexity index is 1630. The Morgan fingerprint density at radius 1 is 1.17 bits per heavy atom. The third-order valence-corrected chi connectivity index (χ3v) is 7.08. The van der Waals surface area contributed by atoms with Crippen molar-refractivity contribution in [3.63, 3.8) is 0 Å². The number of carbonyl (C=O) groups is 1. The first kappa shape index (κ1) is 24.0. The predicted molar refractivity (Wildman–Crippen MR) is 143 cm³/mol. The molecule has 1 N–H and O–H groups in total. The van der Waals surface area contributed by atoms with Gasteiger partial charge in [0.25, 0.3) is 11.5 Å². The van der Waals surface area contributed by atoms with E-state index in [1.807, 2.05) is 61.5 Å². The number of carbonyl (C=O) groups excluding carboxylic acids is 1. The van der Waals surface area contributed by atoms with Crippen LogP contribution in [0.2, 0.25) is 0 Å². The van der Waals surface area contributed by atoms with Gasteiger partial charge in [-0.1, -0.05) is 41.7 Å². The first-order valence-corrected chi connectivity index (χ1v) is 12.9. The van der Waals surface area contributed by atoms with Crippen LogP contribution in [0.5, 0.6) is 5.75 Å². The number of thiazole rings is 1. The highest BCUT2D eigenvalue weighted by Crippen LogP contribution is 2.31. The molecule has 0 aliphatic carbocycles. The fourth-order valence-electron chi connectivity index (χ4n) is 4.10. The van der Waals surface area contributed by atoms with Gasteiger partial charge in [0, 0.05) is 11.8 Å². The normalized spacial score (nSPS) is 15.4. The fraction of sp³-hybridized carbons (Fsp3) is 0.148. The maximum Gasteiger partial charge on any atom is 0.271 e. The van der Waals surface area contributed by atoms with Crippen molar-refractivity contribution in [2.75, 3.05) is 11.9 Å². The Kier molecular flexibility index (Phi) is 6.75. The number of ether oxygens (including phenoxy) is 1. The minimum Gasteiger partial charge on any atom is -0.494 e. The predicted octanol–water partition coefficient (Wildman–Crippen LogP) is 4.63. The van der Waals surface area contributed by atoms with Crippen molar-refractivity contribution in [1.82, 2.24) is 4.57 Å². The molecule has 0 unspecified atom stereocenters. The van der Waals surface area contributed by atoms with E-state index >= 15 is 0 Å². The van der Waals surface area contributed by atoms with Crippen LogP contribution in [-0.2, 0) is 4.79 Å². The van der Waals surface area contributed by atoms with Crippen LogP contribution in [0.15, 0.2) is 96.9 Å². The Morgan fingerprint density at radius 2 is 1.92 bits per heavy atom. The highest BCUT2D eigenvalue weighted by atomic mass is 79.9. The fourth-order valence-corrected chi connectivity index (χ4v) is 5.44. The monoisotopic (exact) mass is 563 g/mol. The lowest BCUT2D eigenvalue weighted by atomic mass is 9.95. The Hall–Kier alpha value is -3.69. The SMILES string of the molecule is CCOc1ccc([C@@H]2C(C(=O)Nc3ccccc3)=C(C)N=c3s/c(=C\c4ccc(Br)o4)c(=O)n32)cc1. The van der Waals surface area contributed by atoms with Crippen LogP contribution >= 0.6 is 27.3 Å². The molecule has 2 aromatic carbocycles. The second-order valence-electron chi connectivity index (χ2n) is 8.05. The van der Waals surface area contributed by atoms with E-state index in [1.165, 1.54) is 11.3 Å². The van der Waals surface area contributed by atoms with Crippen molar-refractivity contribution in [1.29, 1.82) is 0 Å². The largest absolute Gasteiger partial charge is 0.494 e. The summed E-state index contributed by atoms with van der Waals surface area (Å²) in [4.78, 5) is 32.4. The third kappa shape index (κ3) is 4.72. The quantitative estimate of drug-likeness (QED) is 0.370. The maximum absolute atomic E-state index is 13.7. The molecule has 0 fully saturated rings. The van der Waals surface area contributed by atoms with Crippen molar-refractivity contribution in [3.8, 4) is 5.75 Å². The van der Waals surface area contributed by atoms with Gasteiger partial charge in [-0.05, 0) is 71.7 Å². The number of hydrogen-bond donors (Lipinski definition) is 1. The van der Waals surface area contributed by atoms with Gasteiger partial charge in [-0.2, -0.15) is 0 Å². The number of hydrogen-bond acceptors (Lipinski definition) is 6. The minimum atomic E-state index is -0.661. The Labute approximate surface area is 219 Å². The van der Waals surface area contributed by atoms with Gasteiger partial charge in [0.05, 0.1) is 28.5 Å². The zero-order valence-corrected chi connectivity index (χ0v) is 21.9. The molecule has 1 amide bonds. The van der Waals surface area contributed by atoms with Crippen molar-refractivity contribution in [2.45, 2.75) is 19.9 Å². The molecule has 3 heterocycles. The number of rotatable bonds is 6. The molecule has 0 saturated heterocycles. The number of nitrogens with zero attached hydrogens (tertiary/aromatic N) is 2. The summed E-state index contributed by atoms with van der Waals surface area (Å²) in [5.74, 6) is 0.945. The number of aromatic nitrogens is 1. The molecule has 1 aliphatic rings. The molecule has 1 aliphatic heterocycles. The number of benzene rings is 2. The Morgan fingerprint density at radius 3 is 2.58 bits per heavy atom. The second kappa shape index (κ2) is 10.1. The summed E-state index contributed by atoms with van der Waals surface area (Å²) in [5.41, 5.74) is 2.15. The molecule has 7 nitrogen and oxygen atoms in total. The van der Waals surface area contributed by atoms with Crippen molar-refractivity contribution in [3.05, 3.63) is 114 Å². The summed E-state index contributed by atoms with van der Waals surface area (Å²) >= 11 is 4.55. The molecular formula is C27H22BrN3O4S. The highest BCUT2D eigenvalue weighted by molar-refractivity contribution is 9.10. The average molecular weight is 564 g/mol. The summed E-state index contributed by atoms with van der Waals surface area (Å²) < 4.78 is 13.8. The van der Waals surface area contributed by atoms with Crippen LogP contribution in [0.3, 0.4) is 0 Å². The van der Waals surface area contributed by atoms with Gasteiger partial charge in [-0.3, -0.25) is 14.2 Å². The molecule has 0 bridgehead atoms. The number of fused-ring (bicyclic) bond motifs is 1. The van der Waals surface area contributed by atoms with Crippen LogP contribution in [0.25, 0.3) is 6.08 Å². The van der Waals surface area contributed by atoms with Crippen LogP contribution in [-0.4, -0.2) is 17.1 Å². The second-order valence-corrected chi connectivity index (χ2v) is 9.84. The summed E-state index contributed by atoms with van der Waals surface area (Å²) in [5, 5.41) is 2.95. The molecule has 9 heteroatoms. The maximum atomic E-state index is 13.7. The van der Waals surface area contributed by atoms with Crippen molar-refractivity contribution < 1.29 is 13.9 Å². The molecule has 5 rings (SSSR count). The zero-order chi connectivity index (χ0) is 25.2. The molecule has 0 radical (unpaired) electrons. The third-order valence-electron chi connectivity index (χ3n) is 5.67. The molecule has 36 heavy (non-hydrogen) atoms. The van der Waals surface area contributed by atoms with E-state index in [1.54, 1.807) is 29.7 Å². The molecule has 4 aromatic rings. The summed E-state index contributed by atoms with van der Waals surface area (Å²) in [6.45, 7) is 4.26. The van der Waals surface area contributed by atoms with Gasteiger partial charge >= 0.3 is 0 Å². The van der Waals surface area contributed by atoms with Gasteiger partial charge < -0.3 is 14.5 Å². The van der Waals surface area contributed by atoms with Gasteiger partial charge in [-0.15, -0.1) is 0 Å². The van der Waals surface area contributed by atoms with Gasteiger partial charge in [-0.25, -0.2) is 4.99 Å². The number of para-hydroxylation sites is 1. The van der Waals surface area contributed by atoms with E-state index in [4.69, 9.17) is 9.15 Å². The Balaban J connectivity index is 1.66.